The van der Waals surface area contributed by atoms with E-state index in [2.05, 4.69) is 10.9 Å². The molecule has 0 aliphatic rings. The molecule has 9 heteroatoms. The van der Waals surface area contributed by atoms with E-state index < -0.39 is 17.8 Å². The molecule has 30 heavy (non-hydrogen) atoms. The van der Waals surface area contributed by atoms with Crippen molar-refractivity contribution in [2.24, 2.45) is 0 Å². The van der Waals surface area contributed by atoms with Gasteiger partial charge < -0.3 is 9.47 Å². The number of ether oxygens (including phenoxy) is 2. The Kier molecular flexibility index (Phi) is 7.07. The van der Waals surface area contributed by atoms with Crippen LogP contribution >= 0.6 is 11.6 Å². The molecule has 4 amide bonds. The van der Waals surface area contributed by atoms with Crippen molar-refractivity contribution in [2.45, 2.75) is 0 Å². The minimum absolute atomic E-state index is 0.313. The number of imide groups is 1. The van der Waals surface area contributed by atoms with Gasteiger partial charge in [0.15, 0.2) is 13.2 Å². The molecule has 0 bridgehead atoms. The number of carbonyl (C=O) groups excluding carboxylic acids is 3. The zero-order valence-corrected chi connectivity index (χ0v) is 16.4. The fourth-order valence-electron chi connectivity index (χ4n) is 2.44. The molecular formula is C21H18ClN3O5. The van der Waals surface area contributed by atoms with Gasteiger partial charge in [-0.05, 0) is 47.2 Å². The van der Waals surface area contributed by atoms with Crippen molar-refractivity contribution in [3.63, 3.8) is 0 Å². The van der Waals surface area contributed by atoms with Crippen LogP contribution in [-0.4, -0.2) is 31.1 Å². The van der Waals surface area contributed by atoms with Crippen molar-refractivity contribution in [2.75, 3.05) is 13.2 Å². The highest BCUT2D eigenvalue weighted by atomic mass is 35.5. The van der Waals surface area contributed by atoms with Crippen LogP contribution in [0.4, 0.5) is 4.79 Å². The van der Waals surface area contributed by atoms with E-state index in [9.17, 15) is 14.4 Å². The molecule has 8 nitrogen and oxygen atoms in total. The first kappa shape index (κ1) is 20.9. The van der Waals surface area contributed by atoms with E-state index in [1.54, 1.807) is 30.3 Å². The number of benzene rings is 3. The SMILES string of the molecule is O=C(COc1ccc2ccccc2c1)NNC(=O)NC(=O)COc1ccc(Cl)cc1. The van der Waals surface area contributed by atoms with Gasteiger partial charge in [-0.15, -0.1) is 0 Å². The maximum atomic E-state index is 11.8. The highest BCUT2D eigenvalue weighted by Crippen LogP contribution is 2.20. The van der Waals surface area contributed by atoms with Crippen LogP contribution in [-0.2, 0) is 9.59 Å². The van der Waals surface area contributed by atoms with Gasteiger partial charge in [-0.25, -0.2) is 10.2 Å². The minimum atomic E-state index is -0.904. The Morgan fingerprint density at radius 1 is 0.733 bits per heavy atom. The second-order valence-corrected chi connectivity index (χ2v) is 6.53. The van der Waals surface area contributed by atoms with E-state index in [-0.39, 0.29) is 13.2 Å². The molecule has 0 aliphatic heterocycles. The molecule has 0 radical (unpaired) electrons. The van der Waals surface area contributed by atoms with Gasteiger partial charge in [-0.2, -0.15) is 0 Å². The third-order valence-electron chi connectivity index (χ3n) is 3.84. The lowest BCUT2D eigenvalue weighted by molar-refractivity contribution is -0.124. The van der Waals surface area contributed by atoms with Crippen molar-refractivity contribution in [1.29, 1.82) is 0 Å². The maximum Gasteiger partial charge on any atom is 0.340 e. The van der Waals surface area contributed by atoms with Gasteiger partial charge in [0, 0.05) is 5.02 Å². The summed E-state index contributed by atoms with van der Waals surface area (Å²) in [6.45, 7) is -0.694. The quantitative estimate of drug-likeness (QED) is 0.524. The summed E-state index contributed by atoms with van der Waals surface area (Å²) < 4.78 is 10.6. The summed E-state index contributed by atoms with van der Waals surface area (Å²) in [5.74, 6) is -0.343. The average Bonchev–Trinajstić information content (AvgIpc) is 2.75. The molecule has 0 spiro atoms. The number of fused-ring (bicyclic) bond motifs is 1. The monoisotopic (exact) mass is 427 g/mol. The number of nitrogens with one attached hydrogen (secondary N) is 3. The lowest BCUT2D eigenvalue weighted by Crippen LogP contribution is -2.50. The Balaban J connectivity index is 1.35. The Morgan fingerprint density at radius 2 is 1.37 bits per heavy atom. The second kappa shape index (κ2) is 10.1. The fourth-order valence-corrected chi connectivity index (χ4v) is 2.57. The Labute approximate surface area is 177 Å². The summed E-state index contributed by atoms with van der Waals surface area (Å²) in [5, 5.41) is 4.58. The van der Waals surface area contributed by atoms with Gasteiger partial charge in [-0.3, -0.25) is 20.3 Å². The van der Waals surface area contributed by atoms with Crippen LogP contribution in [0.3, 0.4) is 0 Å². The molecule has 3 aromatic carbocycles. The predicted molar refractivity (Wildman–Crippen MR) is 111 cm³/mol. The van der Waals surface area contributed by atoms with Gasteiger partial charge >= 0.3 is 6.03 Å². The largest absolute Gasteiger partial charge is 0.484 e. The molecule has 3 N–H and O–H groups in total. The average molecular weight is 428 g/mol. The molecule has 3 rings (SSSR count). The summed E-state index contributed by atoms with van der Waals surface area (Å²) in [6.07, 6.45) is 0. The number of hydrogen-bond acceptors (Lipinski definition) is 5. The van der Waals surface area contributed by atoms with Crippen LogP contribution in [0.25, 0.3) is 10.8 Å². The van der Waals surface area contributed by atoms with Gasteiger partial charge in [0.25, 0.3) is 11.8 Å². The number of hydrazine groups is 1. The standard InChI is InChI=1S/C21H18ClN3O5/c22-16-6-9-17(10-7-16)29-12-19(26)23-21(28)25-24-20(27)13-30-18-8-5-14-3-1-2-4-15(14)11-18/h1-11H,12-13H2,(H,24,27)(H2,23,25,26,28). The number of rotatable bonds is 6. The molecule has 0 atom stereocenters. The Hall–Kier alpha value is -3.78. The summed E-state index contributed by atoms with van der Waals surface area (Å²) >= 11 is 5.75. The van der Waals surface area contributed by atoms with E-state index in [0.29, 0.717) is 16.5 Å². The van der Waals surface area contributed by atoms with Gasteiger partial charge in [-0.1, -0.05) is 41.9 Å². The van der Waals surface area contributed by atoms with E-state index >= 15 is 0 Å². The first-order valence-corrected chi connectivity index (χ1v) is 9.26. The third kappa shape index (κ3) is 6.39. The molecular weight excluding hydrogens is 410 g/mol. The van der Waals surface area contributed by atoms with Gasteiger partial charge in [0.1, 0.15) is 11.5 Å². The highest BCUT2D eigenvalue weighted by molar-refractivity contribution is 6.30. The molecule has 0 saturated carbocycles. The van der Waals surface area contributed by atoms with E-state index in [0.717, 1.165) is 10.8 Å². The van der Waals surface area contributed by atoms with Crippen molar-refractivity contribution < 1.29 is 23.9 Å². The molecule has 0 saturated heterocycles. The van der Waals surface area contributed by atoms with Crippen LogP contribution in [0, 0.1) is 0 Å². The zero-order chi connectivity index (χ0) is 21.3. The smallest absolute Gasteiger partial charge is 0.340 e. The van der Waals surface area contributed by atoms with Crippen molar-refractivity contribution in [3.05, 3.63) is 71.8 Å². The molecule has 154 valence electrons. The summed E-state index contributed by atoms with van der Waals surface area (Å²) in [5.41, 5.74) is 4.20. The zero-order valence-electron chi connectivity index (χ0n) is 15.7. The molecule has 0 aliphatic carbocycles. The number of urea groups is 1. The number of carbonyl (C=O) groups is 3. The lowest BCUT2D eigenvalue weighted by Gasteiger charge is -2.10. The summed E-state index contributed by atoms with van der Waals surface area (Å²) in [4.78, 5) is 35.2. The molecule has 0 fully saturated rings. The van der Waals surface area contributed by atoms with E-state index in [1.807, 2.05) is 41.7 Å². The van der Waals surface area contributed by atoms with Crippen molar-refractivity contribution >= 4 is 40.2 Å². The van der Waals surface area contributed by atoms with Crippen LogP contribution in [0.1, 0.15) is 0 Å². The van der Waals surface area contributed by atoms with Crippen LogP contribution in [0.5, 0.6) is 11.5 Å². The minimum Gasteiger partial charge on any atom is -0.484 e. The summed E-state index contributed by atoms with van der Waals surface area (Å²) in [6, 6.07) is 18.7. The van der Waals surface area contributed by atoms with Crippen molar-refractivity contribution in [1.82, 2.24) is 16.2 Å². The lowest BCUT2D eigenvalue weighted by atomic mass is 10.1. The Morgan fingerprint density at radius 3 is 2.13 bits per heavy atom. The molecule has 3 aromatic rings. The normalized spacial score (nSPS) is 10.2. The predicted octanol–water partition coefficient (Wildman–Crippen LogP) is 2.81. The Bertz CT molecular complexity index is 1060. The first-order valence-electron chi connectivity index (χ1n) is 8.88. The van der Waals surface area contributed by atoms with Crippen LogP contribution in [0.2, 0.25) is 5.02 Å². The van der Waals surface area contributed by atoms with Crippen LogP contribution < -0.4 is 25.6 Å². The van der Waals surface area contributed by atoms with Gasteiger partial charge in [0.05, 0.1) is 0 Å². The molecule has 0 heterocycles. The number of hydrogen-bond donors (Lipinski definition) is 3. The number of halogens is 1. The first-order chi connectivity index (χ1) is 14.5. The topological polar surface area (TPSA) is 106 Å². The number of amides is 4. The maximum absolute atomic E-state index is 11.8. The third-order valence-corrected chi connectivity index (χ3v) is 4.09. The molecule has 0 aromatic heterocycles. The van der Waals surface area contributed by atoms with Crippen molar-refractivity contribution in [3.8, 4) is 11.5 Å². The fraction of sp³-hybridized carbons (Fsp3) is 0.0952. The van der Waals surface area contributed by atoms with E-state index in [1.165, 1.54) is 0 Å². The second-order valence-electron chi connectivity index (χ2n) is 6.09. The van der Waals surface area contributed by atoms with Crippen LogP contribution in [0.15, 0.2) is 66.7 Å². The highest BCUT2D eigenvalue weighted by Gasteiger charge is 2.10. The molecule has 0 unspecified atom stereocenters. The summed E-state index contributed by atoms with van der Waals surface area (Å²) in [7, 11) is 0. The van der Waals surface area contributed by atoms with Gasteiger partial charge in [0.2, 0.25) is 0 Å². The van der Waals surface area contributed by atoms with E-state index in [4.69, 9.17) is 21.1 Å².